The van der Waals surface area contributed by atoms with E-state index in [1.165, 1.54) is 32.9 Å². The molecule has 2 heterocycles. The van der Waals surface area contributed by atoms with Crippen LogP contribution in [0.3, 0.4) is 0 Å². The lowest BCUT2D eigenvalue weighted by molar-refractivity contribution is 0.0958. The summed E-state index contributed by atoms with van der Waals surface area (Å²) in [6, 6.07) is 21.8. The molecule has 3 unspecified atom stereocenters. The maximum Gasteiger partial charge on any atom is 0.253 e. The molecule has 3 aromatic carbocycles. The van der Waals surface area contributed by atoms with Gasteiger partial charge in [0.15, 0.2) is 0 Å². The van der Waals surface area contributed by atoms with Crippen LogP contribution in [0.2, 0.25) is 0 Å². The van der Waals surface area contributed by atoms with Gasteiger partial charge in [0.2, 0.25) is 0 Å². The average molecular weight is 448 g/mol. The standard InChI is InChI=1S/C30H29N3O/c1-3-17-31-30(34)24-13-8-12-23-20-10-7-11-22(20)28(32-29(23)24)19-15-16-27-25(18-19)21-9-5-6-14-26(21)33(27)4-2/h3,5-10,12-16,18,20,22,28,32H,1,4,11,17H2,2H3,(H,31,34). The Kier molecular flexibility index (Phi) is 5.02. The summed E-state index contributed by atoms with van der Waals surface area (Å²) in [4.78, 5) is 12.9. The molecule has 0 saturated carbocycles. The number of amides is 1. The van der Waals surface area contributed by atoms with Crippen LogP contribution in [-0.4, -0.2) is 17.0 Å². The highest BCUT2D eigenvalue weighted by Crippen LogP contribution is 2.51. The summed E-state index contributed by atoms with van der Waals surface area (Å²) in [7, 11) is 0. The molecule has 34 heavy (non-hydrogen) atoms. The zero-order valence-corrected chi connectivity index (χ0v) is 19.4. The summed E-state index contributed by atoms with van der Waals surface area (Å²) in [5.41, 5.74) is 6.70. The van der Waals surface area contributed by atoms with Crippen molar-refractivity contribution in [2.24, 2.45) is 5.92 Å². The number of para-hydroxylation sites is 2. The Balaban J connectivity index is 1.47. The summed E-state index contributed by atoms with van der Waals surface area (Å²) in [5, 5.41) is 9.35. The van der Waals surface area contributed by atoms with Crippen LogP contribution in [0, 0.1) is 5.92 Å². The van der Waals surface area contributed by atoms with Crippen LogP contribution in [0.25, 0.3) is 21.8 Å². The SMILES string of the molecule is C=CCNC(=O)c1cccc2c1NC(c1ccc3c(c1)c1ccccc1n3CC)C1CC=CC21. The Morgan fingerprint density at radius 2 is 1.97 bits per heavy atom. The van der Waals surface area contributed by atoms with Gasteiger partial charge in [-0.15, -0.1) is 6.58 Å². The van der Waals surface area contributed by atoms with Gasteiger partial charge in [0, 0.05) is 40.8 Å². The van der Waals surface area contributed by atoms with Crippen LogP contribution >= 0.6 is 0 Å². The van der Waals surface area contributed by atoms with Gasteiger partial charge in [-0.25, -0.2) is 0 Å². The predicted molar refractivity (Wildman–Crippen MR) is 140 cm³/mol. The highest BCUT2D eigenvalue weighted by atomic mass is 16.1. The minimum Gasteiger partial charge on any atom is -0.377 e. The molecule has 1 amide bonds. The Hall–Kier alpha value is -3.79. The average Bonchev–Trinajstić information content (AvgIpc) is 3.49. The van der Waals surface area contributed by atoms with E-state index in [2.05, 4.69) is 89.4 Å². The first-order valence-electron chi connectivity index (χ1n) is 12.2. The molecule has 170 valence electrons. The van der Waals surface area contributed by atoms with Crippen molar-refractivity contribution < 1.29 is 4.79 Å². The number of fused-ring (bicyclic) bond motifs is 6. The molecule has 0 bridgehead atoms. The Bertz CT molecular complexity index is 1460. The van der Waals surface area contributed by atoms with Crippen molar-refractivity contribution in [3.05, 3.63) is 102 Å². The summed E-state index contributed by atoms with van der Waals surface area (Å²) in [6.07, 6.45) is 7.36. The number of carbonyl (C=O) groups excluding carboxylic acids is 1. The first-order chi connectivity index (χ1) is 16.7. The summed E-state index contributed by atoms with van der Waals surface area (Å²) < 4.78 is 2.39. The molecular weight excluding hydrogens is 418 g/mol. The van der Waals surface area contributed by atoms with Crippen LogP contribution in [0.5, 0.6) is 0 Å². The van der Waals surface area contributed by atoms with Crippen LogP contribution in [-0.2, 0) is 6.54 Å². The molecular formula is C30H29N3O. The molecule has 0 fully saturated rings. The van der Waals surface area contributed by atoms with Crippen molar-refractivity contribution in [1.29, 1.82) is 0 Å². The van der Waals surface area contributed by atoms with Crippen molar-refractivity contribution in [3.8, 4) is 0 Å². The van der Waals surface area contributed by atoms with Crippen molar-refractivity contribution in [3.63, 3.8) is 0 Å². The van der Waals surface area contributed by atoms with Crippen LogP contribution < -0.4 is 10.6 Å². The van der Waals surface area contributed by atoms with Gasteiger partial charge in [-0.1, -0.05) is 54.6 Å². The van der Waals surface area contributed by atoms with E-state index in [-0.39, 0.29) is 11.9 Å². The quantitative estimate of drug-likeness (QED) is 0.341. The minimum atomic E-state index is -0.0649. The van der Waals surface area contributed by atoms with Gasteiger partial charge in [-0.2, -0.15) is 0 Å². The van der Waals surface area contributed by atoms with Gasteiger partial charge in [-0.3, -0.25) is 4.79 Å². The lowest BCUT2D eigenvalue weighted by atomic mass is 9.76. The van der Waals surface area contributed by atoms with E-state index in [9.17, 15) is 4.79 Å². The summed E-state index contributed by atoms with van der Waals surface area (Å²) >= 11 is 0. The van der Waals surface area contributed by atoms with Crippen molar-refractivity contribution in [2.75, 3.05) is 11.9 Å². The number of hydrogen-bond acceptors (Lipinski definition) is 2. The van der Waals surface area contributed by atoms with Crippen molar-refractivity contribution in [2.45, 2.75) is 31.8 Å². The highest BCUT2D eigenvalue weighted by molar-refractivity contribution is 6.08. The molecule has 0 spiro atoms. The topological polar surface area (TPSA) is 46.1 Å². The van der Waals surface area contributed by atoms with Gasteiger partial charge < -0.3 is 15.2 Å². The highest BCUT2D eigenvalue weighted by Gasteiger charge is 2.39. The number of anilines is 1. The maximum atomic E-state index is 12.9. The molecule has 2 N–H and O–H groups in total. The van der Waals surface area contributed by atoms with Gasteiger partial charge in [0.1, 0.15) is 0 Å². The number of nitrogens with one attached hydrogen (secondary N) is 2. The van der Waals surface area contributed by atoms with Crippen molar-refractivity contribution in [1.82, 2.24) is 9.88 Å². The first kappa shape index (κ1) is 20.8. The third-order valence-electron chi connectivity index (χ3n) is 7.52. The second-order valence-electron chi connectivity index (χ2n) is 9.28. The van der Waals surface area contributed by atoms with Gasteiger partial charge in [0.05, 0.1) is 17.3 Å². The Morgan fingerprint density at radius 3 is 2.82 bits per heavy atom. The fraction of sp³-hybridized carbons (Fsp3) is 0.233. The summed E-state index contributed by atoms with van der Waals surface area (Å²) in [6.45, 7) is 7.32. The zero-order chi connectivity index (χ0) is 23.2. The molecule has 3 atom stereocenters. The largest absolute Gasteiger partial charge is 0.377 e. The Morgan fingerprint density at radius 1 is 1.12 bits per heavy atom. The number of hydrogen-bond donors (Lipinski definition) is 2. The second-order valence-corrected chi connectivity index (χ2v) is 9.28. The fourth-order valence-corrected chi connectivity index (χ4v) is 6.01. The van der Waals surface area contributed by atoms with E-state index in [1.807, 2.05) is 12.1 Å². The van der Waals surface area contributed by atoms with E-state index in [1.54, 1.807) is 6.08 Å². The molecule has 0 radical (unpaired) electrons. The van der Waals surface area contributed by atoms with E-state index in [4.69, 9.17) is 0 Å². The minimum absolute atomic E-state index is 0.0649. The van der Waals surface area contributed by atoms with Gasteiger partial charge in [0.25, 0.3) is 5.91 Å². The molecule has 4 aromatic rings. The number of allylic oxidation sites excluding steroid dienone is 2. The number of rotatable bonds is 5. The van der Waals surface area contributed by atoms with E-state index < -0.39 is 0 Å². The molecule has 1 aliphatic carbocycles. The number of aromatic nitrogens is 1. The van der Waals surface area contributed by atoms with E-state index in [0.29, 0.717) is 23.9 Å². The van der Waals surface area contributed by atoms with Crippen molar-refractivity contribution >= 4 is 33.4 Å². The third-order valence-corrected chi connectivity index (χ3v) is 7.52. The number of carbonyl (C=O) groups is 1. The number of aryl methyl sites for hydroxylation is 1. The lowest BCUT2D eigenvalue weighted by Crippen LogP contribution is -2.32. The zero-order valence-electron chi connectivity index (χ0n) is 19.4. The molecule has 0 saturated heterocycles. The Labute approximate surface area is 200 Å². The van der Waals surface area contributed by atoms with Crippen LogP contribution in [0.1, 0.15) is 46.8 Å². The third kappa shape index (κ3) is 3.09. The second kappa shape index (κ2) is 8.21. The van der Waals surface area contributed by atoms with Crippen LogP contribution in [0.15, 0.2) is 85.5 Å². The van der Waals surface area contributed by atoms with Gasteiger partial charge >= 0.3 is 0 Å². The van der Waals surface area contributed by atoms with E-state index >= 15 is 0 Å². The summed E-state index contributed by atoms with van der Waals surface area (Å²) in [5.74, 6) is 0.668. The molecule has 4 heteroatoms. The monoisotopic (exact) mass is 447 g/mol. The van der Waals surface area contributed by atoms with Crippen LogP contribution in [0.4, 0.5) is 5.69 Å². The smallest absolute Gasteiger partial charge is 0.253 e. The van der Waals surface area contributed by atoms with Gasteiger partial charge in [-0.05, 0) is 54.7 Å². The maximum absolute atomic E-state index is 12.9. The normalized spacial score (nSPS) is 20.7. The predicted octanol–water partition coefficient (Wildman–Crippen LogP) is 6.56. The number of benzene rings is 3. The molecule has 1 aliphatic heterocycles. The first-order valence-corrected chi connectivity index (χ1v) is 12.2. The van der Waals surface area contributed by atoms with E-state index in [0.717, 1.165) is 18.7 Å². The number of nitrogens with zero attached hydrogens (tertiary/aromatic N) is 1. The molecule has 2 aliphatic rings. The molecule has 6 rings (SSSR count). The molecule has 1 aromatic heterocycles. The molecule has 4 nitrogen and oxygen atoms in total. The lowest BCUT2D eigenvalue weighted by Gasteiger charge is -2.38. The fourth-order valence-electron chi connectivity index (χ4n) is 6.01.